The number of aliphatic hydroxyl groups excluding tert-OH is 2. The predicted octanol–water partition coefficient (Wildman–Crippen LogP) is 4.80. The summed E-state index contributed by atoms with van der Waals surface area (Å²) in [6.07, 6.45) is -0.935. The van der Waals surface area contributed by atoms with E-state index in [2.05, 4.69) is 43.1 Å². The second kappa shape index (κ2) is 17.7. The first-order valence-electron chi connectivity index (χ1n) is 20.2. The molecule has 7 rings (SSSR count). The van der Waals surface area contributed by atoms with Gasteiger partial charge in [0.05, 0.1) is 26.4 Å². The molecule has 0 unspecified atom stereocenters. The number of halogens is 4. The third-order valence-electron chi connectivity index (χ3n) is 13.2. The highest BCUT2D eigenvalue weighted by molar-refractivity contribution is 5.99. The number of anilines is 1. The van der Waals surface area contributed by atoms with E-state index in [0.717, 1.165) is 12.8 Å². The fourth-order valence-electron chi connectivity index (χ4n) is 9.64. The Morgan fingerprint density at radius 1 is 1.10 bits per heavy atom. The molecule has 6 N–H and O–H groups in total. The molecule has 17 heteroatoms. The van der Waals surface area contributed by atoms with Crippen LogP contribution in [0.25, 0.3) is 11.1 Å². The van der Waals surface area contributed by atoms with Gasteiger partial charge >= 0.3 is 0 Å². The molecule has 3 saturated carbocycles. The van der Waals surface area contributed by atoms with Crippen LogP contribution in [0.2, 0.25) is 0 Å². The number of carbonyl (C=O) groups excluding carboxylic acids is 3. The van der Waals surface area contributed by atoms with Gasteiger partial charge in [-0.15, -0.1) is 0 Å². The molecule has 13 nitrogen and oxygen atoms in total. The zero-order chi connectivity index (χ0) is 44.8. The molecule has 9 atom stereocenters. The molecule has 1 saturated heterocycles. The van der Waals surface area contributed by atoms with E-state index < -0.39 is 89.6 Å². The molecule has 3 aromatic rings. The van der Waals surface area contributed by atoms with Crippen molar-refractivity contribution in [3.63, 3.8) is 0 Å². The van der Waals surface area contributed by atoms with Gasteiger partial charge in [-0.05, 0) is 73.4 Å². The highest BCUT2D eigenvalue weighted by Gasteiger charge is 2.57. The molecule has 3 aromatic carbocycles. The molecule has 3 amide bonds. The number of benzene rings is 3. The number of nitrogens with zero attached hydrogens (tertiary/aromatic N) is 3. The van der Waals surface area contributed by atoms with Crippen molar-refractivity contribution in [1.82, 2.24) is 15.7 Å². The number of methoxy groups -OCH3 is 1. The van der Waals surface area contributed by atoms with E-state index >= 15 is 0 Å². The molecular weight excluding hydrogens is 801 g/mol. The quantitative estimate of drug-likeness (QED) is 0.0816. The van der Waals surface area contributed by atoms with Crippen LogP contribution in [0.15, 0.2) is 41.4 Å². The molecule has 0 radical (unpaired) electrons. The van der Waals surface area contributed by atoms with Gasteiger partial charge in [-0.1, -0.05) is 39.0 Å². The fourth-order valence-corrected chi connectivity index (χ4v) is 9.64. The number of hydroxylamine groups is 2. The number of hydrogen-bond acceptors (Lipinski definition) is 10. The van der Waals surface area contributed by atoms with Crippen molar-refractivity contribution in [3.05, 3.63) is 76.4 Å². The summed E-state index contributed by atoms with van der Waals surface area (Å²) in [6, 6.07) is 7.15. The normalized spacial score (nSPS) is 25.2. The average Bonchev–Trinajstić information content (AvgIpc) is 3.60. The van der Waals surface area contributed by atoms with Crippen LogP contribution in [0.3, 0.4) is 0 Å². The van der Waals surface area contributed by atoms with Crippen LogP contribution in [0.4, 0.5) is 28.9 Å². The lowest BCUT2D eigenvalue weighted by molar-refractivity contribution is -0.183. The minimum Gasteiger partial charge on any atom is -0.496 e. The average molecular weight is 855 g/mol. The van der Waals surface area contributed by atoms with Crippen molar-refractivity contribution in [2.45, 2.75) is 83.8 Å². The maximum atomic E-state index is 14.9. The van der Waals surface area contributed by atoms with E-state index in [1.165, 1.54) is 24.3 Å². The van der Waals surface area contributed by atoms with Crippen molar-refractivity contribution in [2.24, 2.45) is 39.8 Å². The second-order valence-electron chi connectivity index (χ2n) is 17.3. The first kappa shape index (κ1) is 45.4. The maximum absolute atomic E-state index is 14.9. The summed E-state index contributed by atoms with van der Waals surface area (Å²) in [7, 11) is 4.90. The SMILES string of the molecule is C=Nc1c(F)c(F)c(C[C@H](NC(=O)c2cc(-c3cccc(CN4O[C@@H](CO)[C@@H]([C@H](C)O)[C@H]4C(=O)N[C@H]4C[C@H]5C[C@@H]([C@@H]4C)C5(C)C)c3OC)cc(N(C)C)c2)C(N)=O)c(F)c1F. The highest BCUT2D eigenvalue weighted by Crippen LogP contribution is 2.61. The molecular formula is C44H54F4N6O7. The van der Waals surface area contributed by atoms with E-state index in [-0.39, 0.29) is 35.4 Å². The number of nitrogens with one attached hydrogen (secondary N) is 2. The Morgan fingerprint density at radius 2 is 1.77 bits per heavy atom. The predicted molar refractivity (Wildman–Crippen MR) is 220 cm³/mol. The molecule has 1 aliphatic heterocycles. The first-order chi connectivity index (χ1) is 28.7. The van der Waals surface area contributed by atoms with Crippen molar-refractivity contribution >= 4 is 35.8 Å². The topological polar surface area (TPSA) is 179 Å². The number of amides is 3. The summed E-state index contributed by atoms with van der Waals surface area (Å²) in [6.45, 7) is 10.8. The number of aliphatic hydroxyl groups is 2. The second-order valence-corrected chi connectivity index (χ2v) is 17.3. The minimum absolute atomic E-state index is 0.00746. The standard InChI is InChI=1S/C44H54F4N6O7/c1-20-29-15-25(44(29,3)4)16-30(20)51-43(59)39-33(21(2)56)32(19-55)61-54(39)18-22-10-9-11-27(40(22)60-8)23-12-24(14-26(13-23)53(6)7)42(58)52-31(41(49)57)17-28-34(45)36(47)38(50-5)37(48)35(28)46/h9-14,20-21,25,29-33,39,55-56H,5,15-19H2,1-4,6-8H3,(H2,49,57)(H,51,59)(H,52,58)/t20-,21-,25+,29-,30-,31-,32-,33+,39-/m0/s1. The van der Waals surface area contributed by atoms with E-state index in [1.54, 1.807) is 50.2 Å². The molecule has 0 aromatic heterocycles. The Kier molecular flexibility index (Phi) is 13.2. The van der Waals surface area contributed by atoms with Crippen molar-refractivity contribution in [1.29, 1.82) is 0 Å². The van der Waals surface area contributed by atoms with E-state index in [1.807, 2.05) is 0 Å². The number of para-hydroxylation sites is 1. The Bertz CT molecular complexity index is 2180. The molecule has 4 fully saturated rings. The maximum Gasteiger partial charge on any atom is 0.252 e. The molecule has 0 spiro atoms. The summed E-state index contributed by atoms with van der Waals surface area (Å²) < 4.78 is 64.7. The van der Waals surface area contributed by atoms with Gasteiger partial charge < -0.3 is 36.2 Å². The fraction of sp³-hybridized carbons (Fsp3) is 0.500. The summed E-state index contributed by atoms with van der Waals surface area (Å²) in [5, 5.41) is 28.4. The third kappa shape index (κ3) is 8.44. The number of primary amides is 1. The van der Waals surface area contributed by atoms with Gasteiger partial charge in [-0.2, -0.15) is 5.06 Å². The van der Waals surface area contributed by atoms with Crippen LogP contribution < -0.4 is 26.0 Å². The summed E-state index contributed by atoms with van der Waals surface area (Å²) in [4.78, 5) is 51.4. The third-order valence-corrected chi connectivity index (χ3v) is 13.2. The van der Waals surface area contributed by atoms with Gasteiger partial charge in [-0.25, -0.2) is 17.6 Å². The number of carbonyl (C=O) groups is 3. The highest BCUT2D eigenvalue weighted by atomic mass is 19.2. The zero-order valence-electron chi connectivity index (χ0n) is 35.3. The lowest BCUT2D eigenvalue weighted by atomic mass is 9.45. The van der Waals surface area contributed by atoms with Gasteiger partial charge in [0.25, 0.3) is 5.91 Å². The molecule has 3 aliphatic carbocycles. The molecule has 2 bridgehead atoms. The van der Waals surface area contributed by atoms with E-state index in [9.17, 15) is 42.2 Å². The number of aliphatic imine (C=N–C) groups is 1. The Hall–Kier alpha value is -5.10. The van der Waals surface area contributed by atoms with Crippen molar-refractivity contribution < 1.29 is 51.7 Å². The number of fused-ring (bicyclic) bond motifs is 2. The van der Waals surface area contributed by atoms with Crippen molar-refractivity contribution in [3.8, 4) is 16.9 Å². The number of hydrogen-bond donors (Lipinski definition) is 5. The van der Waals surface area contributed by atoms with Gasteiger partial charge in [-0.3, -0.25) is 24.2 Å². The van der Waals surface area contributed by atoms with Gasteiger partial charge in [0.15, 0.2) is 23.3 Å². The number of rotatable bonds is 15. The van der Waals surface area contributed by atoms with Crippen LogP contribution in [0.5, 0.6) is 5.75 Å². The van der Waals surface area contributed by atoms with E-state index in [4.69, 9.17) is 15.3 Å². The van der Waals surface area contributed by atoms with E-state index in [0.29, 0.717) is 40.0 Å². The smallest absolute Gasteiger partial charge is 0.252 e. The van der Waals surface area contributed by atoms with Crippen LogP contribution >= 0.6 is 0 Å². The Balaban J connectivity index is 1.30. The molecule has 1 heterocycles. The zero-order valence-corrected chi connectivity index (χ0v) is 35.3. The van der Waals surface area contributed by atoms with Crippen molar-refractivity contribution in [2.75, 3.05) is 32.7 Å². The van der Waals surface area contributed by atoms with Gasteiger partial charge in [0.2, 0.25) is 11.8 Å². The first-order valence-corrected chi connectivity index (χ1v) is 20.2. The summed E-state index contributed by atoms with van der Waals surface area (Å²) in [5.41, 5.74) is 5.29. The van der Waals surface area contributed by atoms with Crippen LogP contribution in [0, 0.1) is 52.4 Å². The molecule has 4 aliphatic rings. The van der Waals surface area contributed by atoms with Crippen LogP contribution in [-0.2, 0) is 27.4 Å². The minimum atomic E-state index is -1.82. The molecule has 61 heavy (non-hydrogen) atoms. The Labute approximate surface area is 352 Å². The lowest BCUT2D eigenvalue weighted by Gasteiger charge is -2.62. The summed E-state index contributed by atoms with van der Waals surface area (Å²) in [5.74, 6) is -8.93. The van der Waals surface area contributed by atoms with Gasteiger partial charge in [0, 0.05) is 60.4 Å². The largest absolute Gasteiger partial charge is 0.496 e. The summed E-state index contributed by atoms with van der Waals surface area (Å²) >= 11 is 0. The molecule has 330 valence electrons. The lowest BCUT2D eigenvalue weighted by Crippen LogP contribution is -2.62. The number of nitrogens with two attached hydrogens (primary N) is 1. The number of ether oxygens (including phenoxy) is 1. The van der Waals surface area contributed by atoms with Gasteiger partial charge in [0.1, 0.15) is 29.6 Å². The van der Waals surface area contributed by atoms with Crippen LogP contribution in [-0.4, -0.2) is 97.9 Å². The Morgan fingerprint density at radius 3 is 2.31 bits per heavy atom. The van der Waals surface area contributed by atoms with Crippen LogP contribution in [0.1, 0.15) is 62.0 Å². The monoisotopic (exact) mass is 854 g/mol.